The molecule has 0 unspecified atom stereocenters. The molecule has 7 heteroatoms. The first-order valence-electron chi connectivity index (χ1n) is 7.01. The Morgan fingerprint density at radius 2 is 2.30 bits per heavy atom. The van der Waals surface area contributed by atoms with Crippen molar-refractivity contribution in [3.8, 4) is 0 Å². The van der Waals surface area contributed by atoms with Crippen LogP contribution in [-0.4, -0.2) is 50.6 Å². The average Bonchev–Trinajstić information content (AvgIpc) is 2.85. The van der Waals surface area contributed by atoms with Gasteiger partial charge in [-0.3, -0.25) is 4.68 Å². The smallest absolute Gasteiger partial charge is 0.177 e. The standard InChI is InChI=1S/C13H19ClN6/c1-3-20-6-4-5-9(8-20)16-13-10-7-15-19(2)11(10)12(14)17-18-13/h7,9H,3-6,8H2,1-2H3,(H,16,18)/t9-/m1/s1. The third kappa shape index (κ3) is 2.45. The number of aryl methyl sites for hydroxylation is 1. The maximum atomic E-state index is 6.09. The van der Waals surface area contributed by atoms with E-state index in [4.69, 9.17) is 11.6 Å². The highest BCUT2D eigenvalue weighted by atomic mass is 35.5. The van der Waals surface area contributed by atoms with E-state index < -0.39 is 0 Å². The molecule has 1 atom stereocenters. The van der Waals surface area contributed by atoms with Crippen molar-refractivity contribution in [3.63, 3.8) is 0 Å². The summed E-state index contributed by atoms with van der Waals surface area (Å²) in [6.45, 7) is 5.52. The van der Waals surface area contributed by atoms with Crippen molar-refractivity contribution in [1.29, 1.82) is 0 Å². The van der Waals surface area contributed by atoms with E-state index in [1.54, 1.807) is 10.9 Å². The van der Waals surface area contributed by atoms with Crippen molar-refractivity contribution in [1.82, 2.24) is 24.9 Å². The molecule has 0 amide bonds. The Hall–Kier alpha value is -1.40. The van der Waals surface area contributed by atoms with Crippen LogP contribution in [0.3, 0.4) is 0 Å². The van der Waals surface area contributed by atoms with Crippen molar-refractivity contribution < 1.29 is 0 Å². The molecule has 2 aromatic heterocycles. The Morgan fingerprint density at radius 3 is 3.10 bits per heavy atom. The van der Waals surface area contributed by atoms with E-state index in [2.05, 4.69) is 32.4 Å². The van der Waals surface area contributed by atoms with Crippen LogP contribution in [0.1, 0.15) is 19.8 Å². The third-order valence-corrected chi connectivity index (χ3v) is 4.18. The van der Waals surface area contributed by atoms with Crippen LogP contribution in [0.5, 0.6) is 0 Å². The number of aromatic nitrogens is 4. The lowest BCUT2D eigenvalue weighted by molar-refractivity contribution is 0.226. The Labute approximate surface area is 123 Å². The molecule has 6 nitrogen and oxygen atoms in total. The Bertz CT molecular complexity index is 610. The van der Waals surface area contributed by atoms with Gasteiger partial charge in [-0.1, -0.05) is 18.5 Å². The van der Waals surface area contributed by atoms with Gasteiger partial charge < -0.3 is 10.2 Å². The molecular weight excluding hydrogens is 276 g/mol. The Morgan fingerprint density at radius 1 is 1.45 bits per heavy atom. The van der Waals surface area contributed by atoms with Crippen LogP contribution < -0.4 is 5.32 Å². The molecule has 0 spiro atoms. The zero-order chi connectivity index (χ0) is 14.1. The monoisotopic (exact) mass is 294 g/mol. The van der Waals surface area contributed by atoms with E-state index in [1.807, 2.05) is 7.05 Å². The van der Waals surface area contributed by atoms with Crippen molar-refractivity contribution >= 4 is 28.3 Å². The van der Waals surface area contributed by atoms with Crippen LogP contribution in [0, 0.1) is 0 Å². The molecule has 3 rings (SSSR count). The largest absolute Gasteiger partial charge is 0.364 e. The second-order valence-corrected chi connectivity index (χ2v) is 5.60. The molecule has 0 bridgehead atoms. The van der Waals surface area contributed by atoms with Gasteiger partial charge in [0, 0.05) is 19.6 Å². The summed E-state index contributed by atoms with van der Waals surface area (Å²) in [7, 11) is 1.86. The molecule has 1 saturated heterocycles. The van der Waals surface area contributed by atoms with Crippen LogP contribution >= 0.6 is 11.6 Å². The van der Waals surface area contributed by atoms with E-state index in [-0.39, 0.29) is 0 Å². The van der Waals surface area contributed by atoms with Crippen LogP contribution in [0.25, 0.3) is 10.9 Å². The molecule has 108 valence electrons. The number of anilines is 1. The second-order valence-electron chi connectivity index (χ2n) is 5.25. The van der Waals surface area contributed by atoms with Crippen molar-refractivity contribution in [3.05, 3.63) is 11.3 Å². The summed E-state index contributed by atoms with van der Waals surface area (Å²) in [6.07, 6.45) is 4.16. The number of likely N-dealkylation sites (N-methyl/N-ethyl adjacent to an activating group) is 1. The van der Waals surface area contributed by atoms with Gasteiger partial charge in [0.1, 0.15) is 5.52 Å². The predicted octanol–water partition coefficient (Wildman–Crippen LogP) is 1.91. The number of hydrogen-bond donors (Lipinski definition) is 1. The second kappa shape index (κ2) is 5.54. The van der Waals surface area contributed by atoms with Crippen LogP contribution in [0.4, 0.5) is 5.82 Å². The first kappa shape index (κ1) is 13.6. The highest BCUT2D eigenvalue weighted by molar-refractivity contribution is 6.34. The number of likely N-dealkylation sites (tertiary alicyclic amines) is 1. The number of hydrogen-bond acceptors (Lipinski definition) is 5. The average molecular weight is 295 g/mol. The maximum absolute atomic E-state index is 6.09. The van der Waals surface area contributed by atoms with Gasteiger partial charge >= 0.3 is 0 Å². The Balaban J connectivity index is 1.86. The zero-order valence-corrected chi connectivity index (χ0v) is 12.6. The van der Waals surface area contributed by atoms with Gasteiger partial charge in [-0.2, -0.15) is 5.10 Å². The first-order valence-corrected chi connectivity index (χ1v) is 7.39. The van der Waals surface area contributed by atoms with Gasteiger partial charge in [0.15, 0.2) is 11.0 Å². The van der Waals surface area contributed by atoms with Crippen LogP contribution in [0.15, 0.2) is 6.20 Å². The molecule has 3 heterocycles. The highest BCUT2D eigenvalue weighted by Gasteiger charge is 2.21. The molecule has 0 radical (unpaired) electrons. The van der Waals surface area contributed by atoms with Crippen LogP contribution in [0.2, 0.25) is 5.15 Å². The molecule has 1 aliphatic heterocycles. The normalized spacial score (nSPS) is 20.4. The van der Waals surface area contributed by atoms with Crippen molar-refractivity contribution in [2.45, 2.75) is 25.8 Å². The SMILES string of the molecule is CCN1CCC[C@@H](Nc2nnc(Cl)c3c2cnn3C)C1. The summed E-state index contributed by atoms with van der Waals surface area (Å²) in [5.74, 6) is 0.778. The molecule has 0 aromatic carbocycles. The number of nitrogens with zero attached hydrogens (tertiary/aromatic N) is 5. The molecule has 20 heavy (non-hydrogen) atoms. The molecular formula is C13H19ClN6. The molecule has 1 aliphatic rings. The van der Waals surface area contributed by atoms with E-state index in [9.17, 15) is 0 Å². The van der Waals surface area contributed by atoms with E-state index in [0.29, 0.717) is 11.2 Å². The minimum absolute atomic E-state index is 0.393. The van der Waals surface area contributed by atoms with Crippen molar-refractivity contribution in [2.24, 2.45) is 7.05 Å². The lowest BCUT2D eigenvalue weighted by Crippen LogP contribution is -2.42. The summed E-state index contributed by atoms with van der Waals surface area (Å²) < 4.78 is 1.73. The van der Waals surface area contributed by atoms with E-state index >= 15 is 0 Å². The summed E-state index contributed by atoms with van der Waals surface area (Å²) in [5, 5.41) is 17.3. The third-order valence-electron chi connectivity index (χ3n) is 3.92. The summed E-state index contributed by atoms with van der Waals surface area (Å²) in [5.41, 5.74) is 0.826. The fraction of sp³-hybridized carbons (Fsp3) is 0.615. The Kier molecular flexibility index (Phi) is 3.76. The number of fused-ring (bicyclic) bond motifs is 1. The zero-order valence-electron chi connectivity index (χ0n) is 11.8. The fourth-order valence-corrected chi connectivity index (χ4v) is 3.07. The summed E-state index contributed by atoms with van der Waals surface area (Å²) in [6, 6.07) is 0.405. The van der Waals surface area contributed by atoms with E-state index in [0.717, 1.165) is 36.2 Å². The lowest BCUT2D eigenvalue weighted by Gasteiger charge is -2.32. The maximum Gasteiger partial charge on any atom is 0.177 e. The first-order chi connectivity index (χ1) is 9.69. The topological polar surface area (TPSA) is 58.9 Å². The number of nitrogens with one attached hydrogen (secondary N) is 1. The van der Waals surface area contributed by atoms with E-state index in [1.165, 1.54) is 13.0 Å². The van der Waals surface area contributed by atoms with Gasteiger partial charge in [0.25, 0.3) is 0 Å². The van der Waals surface area contributed by atoms with Crippen LogP contribution in [-0.2, 0) is 7.05 Å². The fourth-order valence-electron chi connectivity index (χ4n) is 2.81. The van der Waals surface area contributed by atoms with Gasteiger partial charge in [-0.15, -0.1) is 10.2 Å². The van der Waals surface area contributed by atoms with Gasteiger partial charge in [0.05, 0.1) is 11.6 Å². The molecule has 1 N–H and O–H groups in total. The highest BCUT2D eigenvalue weighted by Crippen LogP contribution is 2.26. The number of rotatable bonds is 3. The predicted molar refractivity (Wildman–Crippen MR) is 80.1 cm³/mol. The molecule has 0 aliphatic carbocycles. The molecule has 2 aromatic rings. The summed E-state index contributed by atoms with van der Waals surface area (Å²) in [4.78, 5) is 2.45. The van der Waals surface area contributed by atoms with Gasteiger partial charge in [-0.25, -0.2) is 0 Å². The van der Waals surface area contributed by atoms with Crippen molar-refractivity contribution in [2.75, 3.05) is 25.0 Å². The van der Waals surface area contributed by atoms with Gasteiger partial charge in [0.2, 0.25) is 0 Å². The van der Waals surface area contributed by atoms with Gasteiger partial charge in [-0.05, 0) is 25.9 Å². The number of halogens is 1. The summed E-state index contributed by atoms with van der Waals surface area (Å²) >= 11 is 6.09. The quantitative estimate of drug-likeness (QED) is 0.937. The minimum atomic E-state index is 0.393. The number of piperidine rings is 1. The lowest BCUT2D eigenvalue weighted by atomic mass is 10.1. The minimum Gasteiger partial charge on any atom is -0.364 e. The molecule has 1 fully saturated rings. The molecule has 0 saturated carbocycles.